The van der Waals surface area contributed by atoms with E-state index in [0.29, 0.717) is 0 Å². The van der Waals surface area contributed by atoms with Crippen LogP contribution in [0.25, 0.3) is 0 Å². The van der Waals surface area contributed by atoms with Gasteiger partial charge in [-0.15, -0.1) is 6.42 Å². The number of unbranched alkanes of at least 4 members (excludes halogenated alkanes) is 12. The molecule has 0 rings (SSSR count). The number of hydrogen-bond donors (Lipinski definition) is 0. The van der Waals surface area contributed by atoms with Crippen molar-refractivity contribution in [3.05, 3.63) is 12.2 Å². The molecule has 0 heterocycles. The quantitative estimate of drug-likeness (QED) is 0.241. The van der Waals surface area contributed by atoms with Crippen molar-refractivity contribution in [1.82, 2.24) is 0 Å². The van der Waals surface area contributed by atoms with Crippen molar-refractivity contribution in [3.8, 4) is 12.3 Å². The van der Waals surface area contributed by atoms with E-state index in [-0.39, 0.29) is 0 Å². The molecular formula is C21H40. The third-order valence-electron chi connectivity index (χ3n) is 3.65. The van der Waals surface area contributed by atoms with Crippen LogP contribution in [0.1, 0.15) is 111 Å². The van der Waals surface area contributed by atoms with Crippen LogP contribution < -0.4 is 0 Å². The highest BCUT2D eigenvalue weighted by atomic mass is 14.0. The molecule has 0 nitrogen and oxygen atoms in total. The zero-order valence-electron chi connectivity index (χ0n) is 15.1. The first-order valence-corrected chi connectivity index (χ1v) is 9.44. The maximum absolute atomic E-state index is 5.03. The van der Waals surface area contributed by atoms with E-state index < -0.39 is 0 Å². The van der Waals surface area contributed by atoms with Gasteiger partial charge in [-0.2, -0.15) is 0 Å². The molecule has 0 aromatic rings. The summed E-state index contributed by atoms with van der Waals surface area (Å²) in [6.45, 7) is 6.77. The summed E-state index contributed by atoms with van der Waals surface area (Å²) in [5, 5.41) is 0. The Bertz CT molecular complexity index is 211. The Balaban J connectivity index is 0. The van der Waals surface area contributed by atoms with Crippen LogP contribution in [0, 0.1) is 12.3 Å². The van der Waals surface area contributed by atoms with Gasteiger partial charge in [0.15, 0.2) is 0 Å². The van der Waals surface area contributed by atoms with Gasteiger partial charge in [-0.1, -0.05) is 110 Å². The van der Waals surface area contributed by atoms with Crippen molar-refractivity contribution in [2.45, 2.75) is 111 Å². The molecule has 0 heteroatoms. The summed E-state index contributed by atoms with van der Waals surface area (Å²) in [5.74, 6) is 2.48. The van der Waals surface area contributed by atoms with Crippen LogP contribution in [0.5, 0.6) is 0 Å². The van der Waals surface area contributed by atoms with Gasteiger partial charge in [0.05, 0.1) is 0 Å². The zero-order chi connectivity index (χ0) is 16.0. The minimum absolute atomic E-state index is 1.14. The molecule has 0 aliphatic rings. The van der Waals surface area contributed by atoms with Gasteiger partial charge >= 0.3 is 0 Å². The molecule has 0 bridgehead atoms. The van der Waals surface area contributed by atoms with E-state index in [0.717, 1.165) is 6.42 Å². The molecule has 0 aliphatic heterocycles. The maximum atomic E-state index is 5.03. The summed E-state index contributed by atoms with van der Waals surface area (Å²) < 4.78 is 0. The van der Waals surface area contributed by atoms with E-state index in [1.165, 1.54) is 83.5 Å². The fraction of sp³-hybridized carbons (Fsp3) is 0.810. The van der Waals surface area contributed by atoms with Gasteiger partial charge in [0.25, 0.3) is 0 Å². The van der Waals surface area contributed by atoms with E-state index in [4.69, 9.17) is 6.42 Å². The van der Waals surface area contributed by atoms with E-state index >= 15 is 0 Å². The van der Waals surface area contributed by atoms with Gasteiger partial charge in [0.1, 0.15) is 0 Å². The Morgan fingerprint density at radius 3 is 1.38 bits per heavy atom. The minimum atomic E-state index is 1.14. The Morgan fingerprint density at radius 2 is 1.00 bits per heavy atom. The van der Waals surface area contributed by atoms with E-state index in [9.17, 15) is 0 Å². The highest BCUT2D eigenvalue weighted by Gasteiger charge is 1.89. The summed E-state index contributed by atoms with van der Waals surface area (Å²) in [7, 11) is 0. The van der Waals surface area contributed by atoms with Crippen molar-refractivity contribution in [3.63, 3.8) is 0 Å². The first kappa shape index (κ1) is 22.6. The molecule has 0 radical (unpaired) electrons. The molecule has 0 fully saturated rings. The summed E-state index contributed by atoms with van der Waals surface area (Å²) in [6, 6.07) is 0. The molecule has 0 saturated heterocycles. The number of terminal acetylenes is 1. The number of allylic oxidation sites excluding steroid dienone is 2. The second kappa shape index (κ2) is 24.3. The lowest BCUT2D eigenvalue weighted by molar-refractivity contribution is 0.572. The Labute approximate surface area is 135 Å². The first-order chi connectivity index (χ1) is 10.3. The smallest absolute Gasteiger partial charge is 0.0162 e. The highest BCUT2D eigenvalue weighted by molar-refractivity contribution is 5.08. The van der Waals surface area contributed by atoms with Crippen LogP contribution in [0.4, 0.5) is 0 Å². The van der Waals surface area contributed by atoms with Crippen molar-refractivity contribution in [2.75, 3.05) is 0 Å². The predicted molar refractivity (Wildman–Crippen MR) is 99.6 cm³/mol. The SMILES string of the molecule is C#CC=CCCCCCC.CCCCCCCCCCC. The Morgan fingerprint density at radius 1 is 0.619 bits per heavy atom. The number of hydrogen-bond acceptors (Lipinski definition) is 0. The molecule has 0 unspecified atom stereocenters. The van der Waals surface area contributed by atoms with Crippen LogP contribution in [-0.2, 0) is 0 Å². The summed E-state index contributed by atoms with van der Waals surface area (Å²) in [6.07, 6.45) is 28.3. The van der Waals surface area contributed by atoms with Crippen molar-refractivity contribution in [2.24, 2.45) is 0 Å². The van der Waals surface area contributed by atoms with E-state index in [1.54, 1.807) is 6.08 Å². The maximum Gasteiger partial charge on any atom is -0.0162 e. The second-order valence-corrected chi connectivity index (χ2v) is 5.89. The molecule has 124 valence electrons. The average molecular weight is 293 g/mol. The van der Waals surface area contributed by atoms with Crippen LogP contribution >= 0.6 is 0 Å². The number of rotatable bonds is 13. The molecule has 0 amide bonds. The monoisotopic (exact) mass is 292 g/mol. The third kappa shape index (κ3) is 28.2. The molecule has 0 N–H and O–H groups in total. The molecular weight excluding hydrogens is 252 g/mol. The van der Waals surface area contributed by atoms with Gasteiger partial charge in [-0.25, -0.2) is 0 Å². The fourth-order valence-electron chi connectivity index (χ4n) is 2.22. The lowest BCUT2D eigenvalue weighted by Gasteiger charge is -1.98. The molecule has 0 aliphatic carbocycles. The van der Waals surface area contributed by atoms with E-state index in [2.05, 4.69) is 32.8 Å². The molecule has 0 aromatic carbocycles. The van der Waals surface area contributed by atoms with Crippen molar-refractivity contribution in [1.29, 1.82) is 0 Å². The van der Waals surface area contributed by atoms with Crippen LogP contribution in [-0.4, -0.2) is 0 Å². The molecule has 0 saturated carbocycles. The van der Waals surface area contributed by atoms with Crippen molar-refractivity contribution < 1.29 is 0 Å². The standard InChI is InChI=1S/C11H24.C10H16/c1-3-5-7-9-11-10-8-6-4-2;1-3-5-7-9-10-8-6-4-2/h3-11H2,1-2H3;1,5,7H,4,6,8-10H2,2H3. The van der Waals surface area contributed by atoms with Crippen LogP contribution in [0.2, 0.25) is 0 Å². The predicted octanol–water partition coefficient (Wildman–Crippen LogP) is 7.68. The Kier molecular flexibility index (Phi) is 26.2. The van der Waals surface area contributed by atoms with E-state index in [1.807, 2.05) is 0 Å². The van der Waals surface area contributed by atoms with Crippen LogP contribution in [0.15, 0.2) is 12.2 Å². The molecule has 0 atom stereocenters. The summed E-state index contributed by atoms with van der Waals surface area (Å²) in [4.78, 5) is 0. The normalized spacial score (nSPS) is 10.2. The topological polar surface area (TPSA) is 0 Å². The van der Waals surface area contributed by atoms with Gasteiger partial charge in [-0.05, 0) is 18.9 Å². The molecule has 21 heavy (non-hydrogen) atoms. The van der Waals surface area contributed by atoms with Gasteiger partial charge < -0.3 is 0 Å². The third-order valence-corrected chi connectivity index (χ3v) is 3.65. The second-order valence-electron chi connectivity index (χ2n) is 5.89. The zero-order valence-corrected chi connectivity index (χ0v) is 15.1. The van der Waals surface area contributed by atoms with Crippen molar-refractivity contribution >= 4 is 0 Å². The van der Waals surface area contributed by atoms with Crippen LogP contribution in [0.3, 0.4) is 0 Å². The first-order valence-electron chi connectivity index (χ1n) is 9.44. The fourth-order valence-corrected chi connectivity index (χ4v) is 2.22. The lowest BCUT2D eigenvalue weighted by atomic mass is 10.1. The Hall–Kier alpha value is -0.700. The average Bonchev–Trinajstić information content (AvgIpc) is 2.51. The molecule has 0 aromatic heterocycles. The van der Waals surface area contributed by atoms with Gasteiger partial charge in [0, 0.05) is 0 Å². The molecule has 0 spiro atoms. The largest absolute Gasteiger partial charge is 0.115 e. The van der Waals surface area contributed by atoms with Gasteiger partial charge in [-0.3, -0.25) is 0 Å². The highest BCUT2D eigenvalue weighted by Crippen LogP contribution is 2.08. The minimum Gasteiger partial charge on any atom is -0.115 e. The van der Waals surface area contributed by atoms with Gasteiger partial charge in [0.2, 0.25) is 0 Å². The lowest BCUT2D eigenvalue weighted by Crippen LogP contribution is -1.79. The summed E-state index contributed by atoms with van der Waals surface area (Å²) in [5.41, 5.74) is 0. The summed E-state index contributed by atoms with van der Waals surface area (Å²) >= 11 is 0.